The van der Waals surface area contributed by atoms with Gasteiger partial charge >= 0.3 is 0 Å². The van der Waals surface area contributed by atoms with Crippen LogP contribution in [0.3, 0.4) is 0 Å². The second-order valence-electron chi connectivity index (χ2n) is 13.4. The lowest BCUT2D eigenvalue weighted by Crippen LogP contribution is -2.62. The molecule has 2 aliphatic rings. The molecule has 0 aliphatic carbocycles. The first kappa shape index (κ1) is 40.5. The van der Waals surface area contributed by atoms with Gasteiger partial charge in [0.15, 0.2) is 0 Å². The van der Waals surface area contributed by atoms with Crippen molar-refractivity contribution in [2.45, 2.75) is 88.6 Å². The van der Waals surface area contributed by atoms with Crippen molar-refractivity contribution in [1.29, 1.82) is 0 Å². The van der Waals surface area contributed by atoms with Crippen LogP contribution in [0.25, 0.3) is 0 Å². The van der Waals surface area contributed by atoms with Gasteiger partial charge in [0.1, 0.15) is 42.0 Å². The van der Waals surface area contributed by atoms with E-state index in [1.165, 1.54) is 33.7 Å². The minimum absolute atomic E-state index is 0.00664. The number of nitrogens with two attached hydrogens (primary N) is 1. The average Bonchev–Trinajstić information content (AvgIpc) is 3.10. The van der Waals surface area contributed by atoms with Gasteiger partial charge in [0.05, 0.1) is 0 Å². The van der Waals surface area contributed by atoms with Crippen LogP contribution in [0.5, 0.6) is 5.75 Å². The lowest BCUT2D eigenvalue weighted by Gasteiger charge is -2.30. The number of fused-ring (bicyclic) bond motifs is 3. The van der Waals surface area contributed by atoms with Crippen molar-refractivity contribution in [3.8, 4) is 5.75 Å². The minimum atomic E-state index is -1.21. The number of carbonyl (C=O) groups is 6. The summed E-state index contributed by atoms with van der Waals surface area (Å²) in [5, 5.41) is 26.5. The molecule has 2 aromatic carbocycles. The Morgan fingerprint density at radius 1 is 0.615 bits per heavy atom. The number of hydrogen-bond donors (Lipinski definition) is 8. The van der Waals surface area contributed by atoms with Crippen LogP contribution in [0.4, 0.5) is 0 Å². The fraction of sp³-hybridized carbons (Fsp3) is 0.500. The quantitative estimate of drug-likeness (QED) is 0.125. The SMILES string of the molecule is CC(C)C[C@@H]1NC(=O)[C@H](CCCCN)NC(=O)[C@H](Cc2ccc(O)cc2)NC(=O)[C@H](Cc2ccccc2)NC(=O)[C@@H]2CSSC[C@H](NC1=O)C(=O)N2. The van der Waals surface area contributed by atoms with Gasteiger partial charge in [-0.15, -0.1) is 0 Å². The average molecular weight is 756 g/mol. The number of carbonyl (C=O) groups excluding carboxylic acids is 6. The summed E-state index contributed by atoms with van der Waals surface area (Å²) < 4.78 is 0. The Kier molecular flexibility index (Phi) is 15.6. The van der Waals surface area contributed by atoms with Crippen LogP contribution in [-0.2, 0) is 41.6 Å². The topological polar surface area (TPSA) is 221 Å². The van der Waals surface area contributed by atoms with Crippen LogP contribution < -0.4 is 37.6 Å². The van der Waals surface area contributed by atoms with Gasteiger partial charge in [0.25, 0.3) is 0 Å². The van der Waals surface area contributed by atoms with Crippen LogP contribution in [0.2, 0.25) is 0 Å². The summed E-state index contributed by atoms with van der Waals surface area (Å²) in [6.45, 7) is 4.16. The predicted octanol–water partition coefficient (Wildman–Crippen LogP) is 0.670. The van der Waals surface area contributed by atoms with Crippen molar-refractivity contribution in [1.82, 2.24) is 31.9 Å². The summed E-state index contributed by atoms with van der Waals surface area (Å²) in [7, 11) is 2.67. The second kappa shape index (κ2) is 20.1. The standard InChI is InChI=1S/C36H49N7O7S2/c1-21(2)16-26-32(46)42-30-20-52-51-19-29(43-36(30)50)35(49)41-27(17-22-8-4-3-5-9-22)34(48)40-28(18-23-11-13-24(44)14-12-23)33(47)38-25(31(45)39-26)10-6-7-15-37/h3-5,8-9,11-14,21,25-30,44H,6-7,10,15-20,37H2,1-2H3,(H,38,47)(H,39,45)(H,40,48)(H,41,49)(H,42,46)(H,43,50)/t25-,26-,27-,28-,29-,30-/m0/s1. The molecule has 6 atom stereocenters. The molecule has 52 heavy (non-hydrogen) atoms. The molecule has 2 heterocycles. The van der Waals surface area contributed by atoms with E-state index in [2.05, 4.69) is 31.9 Å². The van der Waals surface area contributed by atoms with E-state index < -0.39 is 71.7 Å². The molecule has 4 rings (SSSR count). The number of phenols is 1. The van der Waals surface area contributed by atoms with E-state index in [0.29, 0.717) is 24.9 Å². The van der Waals surface area contributed by atoms with Crippen LogP contribution in [0, 0.1) is 5.92 Å². The maximum absolute atomic E-state index is 14.1. The molecule has 0 unspecified atom stereocenters. The summed E-state index contributed by atoms with van der Waals surface area (Å²) in [5.74, 6) is -3.21. The number of aromatic hydroxyl groups is 1. The first-order chi connectivity index (χ1) is 24.9. The zero-order valence-electron chi connectivity index (χ0n) is 29.4. The van der Waals surface area contributed by atoms with Crippen molar-refractivity contribution in [3.63, 3.8) is 0 Å². The number of unbranched alkanes of at least 4 members (excludes halogenated alkanes) is 1. The van der Waals surface area contributed by atoms with Gasteiger partial charge in [-0.05, 0) is 61.4 Å². The molecule has 2 bridgehead atoms. The molecule has 2 aliphatic heterocycles. The number of amides is 6. The Hall–Kier alpha value is -4.28. The van der Waals surface area contributed by atoms with E-state index in [9.17, 15) is 33.9 Å². The van der Waals surface area contributed by atoms with Gasteiger partial charge in [-0.25, -0.2) is 0 Å². The summed E-state index contributed by atoms with van der Waals surface area (Å²) in [6.07, 6.45) is 1.61. The molecular weight excluding hydrogens is 707 g/mol. The molecule has 282 valence electrons. The highest BCUT2D eigenvalue weighted by atomic mass is 33.1. The molecule has 6 amide bonds. The Morgan fingerprint density at radius 3 is 1.65 bits per heavy atom. The molecule has 0 saturated carbocycles. The Balaban J connectivity index is 1.74. The van der Waals surface area contributed by atoms with Crippen LogP contribution >= 0.6 is 21.6 Å². The maximum Gasteiger partial charge on any atom is 0.244 e. The summed E-state index contributed by atoms with van der Waals surface area (Å²) >= 11 is 0. The molecule has 14 nitrogen and oxygen atoms in total. The zero-order chi connectivity index (χ0) is 37.6. The van der Waals surface area contributed by atoms with E-state index in [0.717, 1.165) is 5.56 Å². The summed E-state index contributed by atoms with van der Waals surface area (Å²) in [4.78, 5) is 83.0. The van der Waals surface area contributed by atoms with Crippen molar-refractivity contribution in [3.05, 3.63) is 65.7 Å². The van der Waals surface area contributed by atoms with Gasteiger partial charge in [-0.3, -0.25) is 28.8 Å². The van der Waals surface area contributed by atoms with E-state index >= 15 is 0 Å². The van der Waals surface area contributed by atoms with Gasteiger partial charge in [0.2, 0.25) is 35.4 Å². The normalized spacial score (nSPS) is 25.3. The molecular formula is C36H49N7O7S2. The maximum atomic E-state index is 14.1. The Bertz CT molecular complexity index is 1550. The fourth-order valence-corrected chi connectivity index (χ4v) is 8.16. The molecule has 16 heteroatoms. The Morgan fingerprint density at radius 2 is 1.08 bits per heavy atom. The monoisotopic (exact) mass is 755 g/mol. The number of hydrogen-bond acceptors (Lipinski definition) is 10. The third-order valence-electron chi connectivity index (χ3n) is 8.66. The van der Waals surface area contributed by atoms with E-state index in [1.807, 2.05) is 19.9 Å². The van der Waals surface area contributed by atoms with Crippen LogP contribution in [-0.4, -0.2) is 94.9 Å². The zero-order valence-corrected chi connectivity index (χ0v) is 31.0. The van der Waals surface area contributed by atoms with Crippen LogP contribution in [0.1, 0.15) is 50.7 Å². The third kappa shape index (κ3) is 12.4. The van der Waals surface area contributed by atoms with E-state index in [4.69, 9.17) is 5.73 Å². The molecule has 0 spiro atoms. The highest BCUT2D eigenvalue weighted by Gasteiger charge is 2.36. The fourth-order valence-electron chi connectivity index (χ4n) is 5.83. The molecule has 0 aromatic heterocycles. The largest absolute Gasteiger partial charge is 0.508 e. The molecule has 2 fully saturated rings. The highest BCUT2D eigenvalue weighted by molar-refractivity contribution is 8.76. The van der Waals surface area contributed by atoms with Gasteiger partial charge in [0, 0.05) is 24.3 Å². The molecule has 2 saturated heterocycles. The van der Waals surface area contributed by atoms with Gasteiger partial charge < -0.3 is 42.7 Å². The van der Waals surface area contributed by atoms with Gasteiger partial charge in [-0.2, -0.15) is 0 Å². The molecule has 2 aromatic rings. The smallest absolute Gasteiger partial charge is 0.244 e. The third-order valence-corrected chi connectivity index (χ3v) is 11.1. The van der Waals surface area contributed by atoms with Crippen molar-refractivity contribution in [2.24, 2.45) is 11.7 Å². The minimum Gasteiger partial charge on any atom is -0.508 e. The van der Waals surface area contributed by atoms with Crippen LogP contribution in [0.15, 0.2) is 54.6 Å². The second-order valence-corrected chi connectivity index (χ2v) is 16.0. The first-order valence-electron chi connectivity index (χ1n) is 17.5. The van der Waals surface area contributed by atoms with Crippen molar-refractivity contribution < 1.29 is 33.9 Å². The lowest BCUT2D eigenvalue weighted by atomic mass is 10.00. The lowest BCUT2D eigenvalue weighted by molar-refractivity contribution is -0.136. The van der Waals surface area contributed by atoms with Crippen molar-refractivity contribution >= 4 is 57.0 Å². The first-order valence-corrected chi connectivity index (χ1v) is 20.0. The molecule has 9 N–H and O–H groups in total. The molecule has 0 radical (unpaired) electrons. The number of rotatable bonds is 10. The summed E-state index contributed by atoms with van der Waals surface area (Å²) in [5.41, 5.74) is 7.08. The highest BCUT2D eigenvalue weighted by Crippen LogP contribution is 2.25. The Labute approximate surface area is 311 Å². The van der Waals surface area contributed by atoms with E-state index in [-0.39, 0.29) is 48.9 Å². The van der Waals surface area contributed by atoms with Gasteiger partial charge in [-0.1, -0.05) is 77.9 Å². The van der Waals surface area contributed by atoms with Crippen molar-refractivity contribution in [2.75, 3.05) is 18.1 Å². The predicted molar refractivity (Wildman–Crippen MR) is 201 cm³/mol. The number of phenolic OH excluding ortho intramolecular Hbond substituents is 1. The number of benzene rings is 2. The number of nitrogens with one attached hydrogen (secondary N) is 6. The van der Waals surface area contributed by atoms with E-state index in [1.54, 1.807) is 36.4 Å². The summed E-state index contributed by atoms with van der Waals surface area (Å²) in [6, 6.07) is 8.67.